The van der Waals surface area contributed by atoms with Crippen molar-refractivity contribution in [3.63, 3.8) is 0 Å². The standard InChI is InChI=1S/C20H19Cl2N3O2/c21-17-6-7-19(18(22)13-17)27-14-15-4-1-5-16(12-15)20(26)23-8-2-10-25-11-3-9-24-25/h1,3-7,9,11-13H,2,8,10,14H2,(H,23,26). The van der Waals surface area contributed by atoms with Crippen LogP contribution in [0.25, 0.3) is 0 Å². The number of hydrogen-bond donors (Lipinski definition) is 1. The van der Waals surface area contributed by atoms with Crippen molar-refractivity contribution < 1.29 is 9.53 Å². The van der Waals surface area contributed by atoms with Crippen molar-refractivity contribution >= 4 is 29.1 Å². The Kier molecular flexibility index (Phi) is 6.74. The van der Waals surface area contributed by atoms with Crippen LogP contribution in [0.3, 0.4) is 0 Å². The zero-order valence-electron chi connectivity index (χ0n) is 14.6. The third-order valence-electron chi connectivity index (χ3n) is 3.89. The van der Waals surface area contributed by atoms with Crippen LogP contribution < -0.4 is 10.1 Å². The number of nitrogens with zero attached hydrogens (tertiary/aromatic N) is 2. The average molecular weight is 404 g/mol. The Bertz CT molecular complexity index is 898. The van der Waals surface area contributed by atoms with Crippen LogP contribution >= 0.6 is 23.2 Å². The van der Waals surface area contributed by atoms with Gasteiger partial charge in [-0.25, -0.2) is 0 Å². The fourth-order valence-corrected chi connectivity index (χ4v) is 3.00. The quantitative estimate of drug-likeness (QED) is 0.559. The summed E-state index contributed by atoms with van der Waals surface area (Å²) in [4.78, 5) is 12.3. The molecule has 0 spiro atoms. The highest BCUT2D eigenvalue weighted by molar-refractivity contribution is 6.35. The molecular weight excluding hydrogens is 385 g/mol. The zero-order chi connectivity index (χ0) is 19.1. The lowest BCUT2D eigenvalue weighted by Gasteiger charge is -2.10. The molecule has 0 unspecified atom stereocenters. The van der Waals surface area contributed by atoms with E-state index in [0.717, 1.165) is 18.5 Å². The van der Waals surface area contributed by atoms with E-state index < -0.39 is 0 Å². The van der Waals surface area contributed by atoms with Crippen molar-refractivity contribution in [3.8, 4) is 5.75 Å². The SMILES string of the molecule is O=C(NCCCn1cccn1)c1cccc(COc2ccc(Cl)cc2Cl)c1. The summed E-state index contributed by atoms with van der Waals surface area (Å²) in [6.07, 6.45) is 4.45. The first kappa shape index (κ1) is 19.3. The van der Waals surface area contributed by atoms with E-state index in [4.69, 9.17) is 27.9 Å². The summed E-state index contributed by atoms with van der Waals surface area (Å²) in [6, 6.07) is 14.3. The van der Waals surface area contributed by atoms with Gasteiger partial charge in [-0.2, -0.15) is 5.10 Å². The van der Waals surface area contributed by atoms with Crippen LogP contribution in [0, 0.1) is 0 Å². The maximum Gasteiger partial charge on any atom is 0.251 e. The predicted molar refractivity (Wildman–Crippen MR) is 106 cm³/mol. The molecule has 1 aromatic heterocycles. The Morgan fingerprint density at radius 2 is 2.04 bits per heavy atom. The Morgan fingerprint density at radius 1 is 1.15 bits per heavy atom. The number of carbonyl (C=O) groups is 1. The number of aromatic nitrogens is 2. The molecule has 2 aromatic carbocycles. The van der Waals surface area contributed by atoms with Crippen molar-refractivity contribution in [1.29, 1.82) is 0 Å². The van der Waals surface area contributed by atoms with E-state index in [1.165, 1.54) is 0 Å². The van der Waals surface area contributed by atoms with Gasteiger partial charge >= 0.3 is 0 Å². The number of benzene rings is 2. The summed E-state index contributed by atoms with van der Waals surface area (Å²) in [6.45, 7) is 1.66. The maximum absolute atomic E-state index is 12.3. The minimum Gasteiger partial charge on any atom is -0.487 e. The topological polar surface area (TPSA) is 56.2 Å². The van der Waals surface area contributed by atoms with E-state index >= 15 is 0 Å². The molecule has 5 nitrogen and oxygen atoms in total. The number of ether oxygens (including phenoxy) is 1. The Labute approximate surface area is 167 Å². The number of aryl methyl sites for hydroxylation is 1. The third kappa shape index (κ3) is 5.74. The monoisotopic (exact) mass is 403 g/mol. The largest absolute Gasteiger partial charge is 0.487 e. The second-order valence-electron chi connectivity index (χ2n) is 5.94. The second-order valence-corrected chi connectivity index (χ2v) is 6.79. The molecule has 1 heterocycles. The molecule has 0 fully saturated rings. The molecule has 3 rings (SSSR count). The molecule has 1 amide bonds. The summed E-state index contributed by atoms with van der Waals surface area (Å²) in [5.74, 6) is 0.441. The predicted octanol–water partition coefficient (Wildman–Crippen LogP) is 4.59. The minimum absolute atomic E-state index is 0.109. The highest BCUT2D eigenvalue weighted by Crippen LogP contribution is 2.28. The lowest BCUT2D eigenvalue weighted by Crippen LogP contribution is -2.25. The summed E-state index contributed by atoms with van der Waals surface area (Å²) < 4.78 is 7.56. The molecule has 0 bridgehead atoms. The van der Waals surface area contributed by atoms with Gasteiger partial charge in [0, 0.05) is 36.1 Å². The van der Waals surface area contributed by atoms with Crippen molar-refractivity contribution in [1.82, 2.24) is 15.1 Å². The van der Waals surface area contributed by atoms with Crippen molar-refractivity contribution in [2.75, 3.05) is 6.54 Å². The van der Waals surface area contributed by atoms with Gasteiger partial charge < -0.3 is 10.1 Å². The van der Waals surface area contributed by atoms with Gasteiger partial charge in [-0.1, -0.05) is 35.3 Å². The smallest absolute Gasteiger partial charge is 0.251 e. The first-order valence-electron chi connectivity index (χ1n) is 8.54. The van der Waals surface area contributed by atoms with Gasteiger partial charge in [-0.3, -0.25) is 9.48 Å². The Hall–Kier alpha value is -2.50. The molecule has 0 saturated carbocycles. The third-order valence-corrected chi connectivity index (χ3v) is 4.42. The van der Waals surface area contributed by atoms with E-state index in [9.17, 15) is 4.79 Å². The fourth-order valence-electron chi connectivity index (χ4n) is 2.53. The lowest BCUT2D eigenvalue weighted by atomic mass is 10.1. The number of nitrogens with one attached hydrogen (secondary N) is 1. The van der Waals surface area contributed by atoms with E-state index in [-0.39, 0.29) is 5.91 Å². The van der Waals surface area contributed by atoms with Gasteiger partial charge in [0.05, 0.1) is 5.02 Å². The van der Waals surface area contributed by atoms with Gasteiger partial charge in [0.2, 0.25) is 0 Å². The average Bonchev–Trinajstić information content (AvgIpc) is 3.18. The van der Waals surface area contributed by atoms with E-state index in [2.05, 4.69) is 10.4 Å². The van der Waals surface area contributed by atoms with Gasteiger partial charge in [0.25, 0.3) is 5.91 Å². The first-order valence-corrected chi connectivity index (χ1v) is 9.30. The number of hydrogen-bond acceptors (Lipinski definition) is 3. The van der Waals surface area contributed by atoms with E-state index in [1.807, 2.05) is 35.1 Å². The molecular formula is C20H19Cl2N3O2. The number of amides is 1. The second kappa shape index (κ2) is 9.44. The van der Waals surface area contributed by atoms with Crippen LogP contribution in [0.1, 0.15) is 22.3 Å². The van der Waals surface area contributed by atoms with Crippen LogP contribution in [0.5, 0.6) is 5.75 Å². The van der Waals surface area contributed by atoms with E-state index in [0.29, 0.717) is 34.5 Å². The summed E-state index contributed by atoms with van der Waals surface area (Å²) >= 11 is 12.0. The van der Waals surface area contributed by atoms with E-state index in [1.54, 1.807) is 30.5 Å². The molecule has 0 atom stereocenters. The number of carbonyl (C=O) groups excluding carboxylic acids is 1. The summed E-state index contributed by atoms with van der Waals surface area (Å²) in [5.41, 5.74) is 1.47. The van der Waals surface area contributed by atoms with Gasteiger partial charge in [-0.05, 0) is 48.4 Å². The molecule has 7 heteroatoms. The van der Waals surface area contributed by atoms with Gasteiger partial charge in [0.15, 0.2) is 0 Å². The van der Waals surface area contributed by atoms with Crippen molar-refractivity contribution in [2.45, 2.75) is 19.6 Å². The molecule has 0 aliphatic rings. The Balaban J connectivity index is 1.50. The van der Waals surface area contributed by atoms with Gasteiger partial charge in [-0.15, -0.1) is 0 Å². The van der Waals surface area contributed by atoms with Crippen LogP contribution in [-0.2, 0) is 13.2 Å². The molecule has 27 heavy (non-hydrogen) atoms. The zero-order valence-corrected chi connectivity index (χ0v) is 16.1. The number of rotatable bonds is 8. The van der Waals surface area contributed by atoms with Gasteiger partial charge in [0.1, 0.15) is 12.4 Å². The van der Waals surface area contributed by atoms with Crippen molar-refractivity contribution in [2.24, 2.45) is 0 Å². The molecule has 0 saturated heterocycles. The van der Waals surface area contributed by atoms with Crippen LogP contribution in [0.4, 0.5) is 0 Å². The first-order chi connectivity index (χ1) is 13.1. The minimum atomic E-state index is -0.109. The Morgan fingerprint density at radius 3 is 2.81 bits per heavy atom. The van der Waals surface area contributed by atoms with Crippen molar-refractivity contribution in [3.05, 3.63) is 82.1 Å². The highest BCUT2D eigenvalue weighted by atomic mass is 35.5. The fraction of sp³-hybridized carbons (Fsp3) is 0.200. The van der Waals surface area contributed by atoms with Crippen LogP contribution in [-0.4, -0.2) is 22.2 Å². The summed E-state index contributed by atoms with van der Waals surface area (Å²) in [7, 11) is 0. The molecule has 1 N–H and O–H groups in total. The maximum atomic E-state index is 12.3. The molecule has 140 valence electrons. The molecule has 3 aromatic rings. The molecule has 0 aliphatic carbocycles. The highest BCUT2D eigenvalue weighted by Gasteiger charge is 2.07. The molecule has 0 aliphatic heterocycles. The molecule has 0 radical (unpaired) electrons. The lowest BCUT2D eigenvalue weighted by molar-refractivity contribution is 0.0952. The number of halogens is 2. The summed E-state index contributed by atoms with van der Waals surface area (Å²) in [5, 5.41) is 8.06. The normalized spacial score (nSPS) is 10.6. The van der Waals surface area contributed by atoms with Crippen LogP contribution in [0.15, 0.2) is 60.9 Å². The van der Waals surface area contributed by atoms with Crippen LogP contribution in [0.2, 0.25) is 10.0 Å².